The van der Waals surface area contributed by atoms with E-state index in [1.54, 1.807) is 13.3 Å². The van der Waals surface area contributed by atoms with Crippen molar-refractivity contribution in [3.8, 4) is 16.9 Å². The molecule has 1 aliphatic rings. The standard InChI is InChI=1S/C29H30ClN3O2S/c1-18-5-3-7-25-26(18)27(30)28(36-25)29(34)33(23-11-9-22(31)10-12-23)17-21-15-19(8-13-24(21)35-2)20-6-4-14-32-16-20/h3-8,13-16,22-23H,9-12,17,31H2,1-2H3/t22-,23-. The van der Waals surface area contributed by atoms with Crippen molar-refractivity contribution in [2.45, 2.75) is 51.2 Å². The predicted molar refractivity (Wildman–Crippen MR) is 148 cm³/mol. The number of aryl methyl sites for hydroxylation is 1. The summed E-state index contributed by atoms with van der Waals surface area (Å²) >= 11 is 8.31. The highest BCUT2D eigenvalue weighted by Gasteiger charge is 2.32. The van der Waals surface area contributed by atoms with E-state index in [-0.39, 0.29) is 18.0 Å². The molecule has 1 aliphatic carbocycles. The van der Waals surface area contributed by atoms with Crippen LogP contribution in [0.15, 0.2) is 60.9 Å². The van der Waals surface area contributed by atoms with E-state index < -0.39 is 0 Å². The average Bonchev–Trinajstić information content (AvgIpc) is 3.25. The maximum Gasteiger partial charge on any atom is 0.266 e. The van der Waals surface area contributed by atoms with Crippen LogP contribution in [0, 0.1) is 6.92 Å². The summed E-state index contributed by atoms with van der Waals surface area (Å²) in [5.41, 5.74) is 10.3. The molecule has 2 heterocycles. The molecule has 0 spiro atoms. The Hall–Kier alpha value is -2.93. The predicted octanol–water partition coefficient (Wildman–Crippen LogP) is 6.85. The lowest BCUT2D eigenvalue weighted by atomic mass is 9.90. The van der Waals surface area contributed by atoms with Crippen molar-refractivity contribution in [3.05, 3.63) is 82.0 Å². The van der Waals surface area contributed by atoms with Crippen LogP contribution in [0.4, 0.5) is 0 Å². The number of halogens is 1. The van der Waals surface area contributed by atoms with Crippen LogP contribution in [0.5, 0.6) is 5.75 Å². The number of hydrogen-bond acceptors (Lipinski definition) is 5. The Labute approximate surface area is 220 Å². The Bertz CT molecular complexity index is 1380. The van der Waals surface area contributed by atoms with Crippen LogP contribution in [-0.4, -0.2) is 35.0 Å². The Kier molecular flexibility index (Phi) is 7.28. The van der Waals surface area contributed by atoms with Gasteiger partial charge in [-0.05, 0) is 68.0 Å². The zero-order valence-electron chi connectivity index (χ0n) is 20.5. The highest BCUT2D eigenvalue weighted by molar-refractivity contribution is 7.21. The van der Waals surface area contributed by atoms with Crippen LogP contribution >= 0.6 is 22.9 Å². The van der Waals surface area contributed by atoms with Gasteiger partial charge < -0.3 is 15.4 Å². The summed E-state index contributed by atoms with van der Waals surface area (Å²) in [6.07, 6.45) is 7.16. The Morgan fingerprint density at radius 1 is 1.14 bits per heavy atom. The maximum absolute atomic E-state index is 14.2. The largest absolute Gasteiger partial charge is 0.496 e. The second-order valence-electron chi connectivity index (χ2n) is 9.46. The molecule has 0 radical (unpaired) electrons. The molecule has 0 aliphatic heterocycles. The molecule has 2 N–H and O–H groups in total. The van der Waals surface area contributed by atoms with E-state index in [1.165, 1.54) is 11.3 Å². The van der Waals surface area contributed by atoms with Gasteiger partial charge in [0.1, 0.15) is 10.6 Å². The number of nitrogens with zero attached hydrogens (tertiary/aromatic N) is 2. The lowest BCUT2D eigenvalue weighted by Gasteiger charge is -2.36. The van der Waals surface area contributed by atoms with Gasteiger partial charge in [-0.3, -0.25) is 9.78 Å². The zero-order valence-corrected chi connectivity index (χ0v) is 22.1. The SMILES string of the molecule is COc1ccc(-c2cccnc2)cc1CN(C(=O)c1sc2cccc(C)c2c1Cl)[C@H]1CC[C@H](N)CC1. The minimum Gasteiger partial charge on any atom is -0.496 e. The van der Waals surface area contributed by atoms with Gasteiger partial charge in [0, 0.05) is 52.2 Å². The Morgan fingerprint density at radius 3 is 2.64 bits per heavy atom. The second kappa shape index (κ2) is 10.6. The van der Waals surface area contributed by atoms with Crippen LogP contribution in [0.2, 0.25) is 5.02 Å². The van der Waals surface area contributed by atoms with Crippen molar-refractivity contribution in [2.24, 2.45) is 5.73 Å². The van der Waals surface area contributed by atoms with E-state index >= 15 is 0 Å². The molecule has 0 bridgehead atoms. The zero-order chi connectivity index (χ0) is 25.2. The fourth-order valence-electron chi connectivity index (χ4n) is 5.12. The molecular formula is C29H30ClN3O2S. The molecule has 0 atom stereocenters. The number of hydrogen-bond donors (Lipinski definition) is 1. The van der Waals surface area contributed by atoms with Crippen molar-refractivity contribution in [2.75, 3.05) is 7.11 Å². The molecule has 4 aromatic rings. The Balaban J connectivity index is 1.55. The smallest absolute Gasteiger partial charge is 0.266 e. The number of benzene rings is 2. The summed E-state index contributed by atoms with van der Waals surface area (Å²) in [4.78, 5) is 21.0. The number of rotatable bonds is 6. The summed E-state index contributed by atoms with van der Waals surface area (Å²) in [5.74, 6) is 0.723. The van der Waals surface area contributed by atoms with Gasteiger partial charge in [-0.25, -0.2) is 0 Å². The first-order valence-electron chi connectivity index (χ1n) is 12.3. The topological polar surface area (TPSA) is 68.5 Å². The quantitative estimate of drug-likeness (QED) is 0.302. The van der Waals surface area contributed by atoms with Crippen molar-refractivity contribution in [1.82, 2.24) is 9.88 Å². The van der Waals surface area contributed by atoms with Crippen LogP contribution in [0.3, 0.4) is 0 Å². The number of carbonyl (C=O) groups excluding carboxylic acids is 1. The number of methoxy groups -OCH3 is 1. The number of carbonyl (C=O) groups is 1. The highest BCUT2D eigenvalue weighted by Crippen LogP contribution is 2.39. The van der Waals surface area contributed by atoms with E-state index in [0.29, 0.717) is 16.4 Å². The van der Waals surface area contributed by atoms with Crippen LogP contribution in [0.25, 0.3) is 21.2 Å². The molecule has 186 valence electrons. The average molecular weight is 520 g/mol. The van der Waals surface area contributed by atoms with E-state index in [4.69, 9.17) is 22.1 Å². The van der Waals surface area contributed by atoms with Gasteiger partial charge in [-0.2, -0.15) is 0 Å². The normalized spacial score (nSPS) is 17.8. The number of nitrogens with two attached hydrogens (primary N) is 1. The minimum absolute atomic E-state index is 0.0325. The third-order valence-electron chi connectivity index (χ3n) is 7.12. The summed E-state index contributed by atoms with van der Waals surface area (Å²) in [5, 5.41) is 1.51. The van der Waals surface area contributed by atoms with E-state index in [0.717, 1.165) is 63.8 Å². The van der Waals surface area contributed by atoms with Gasteiger partial charge in [0.15, 0.2) is 0 Å². The fraction of sp³-hybridized carbons (Fsp3) is 0.310. The molecule has 0 unspecified atom stereocenters. The number of aromatic nitrogens is 1. The van der Waals surface area contributed by atoms with Crippen LogP contribution in [-0.2, 0) is 6.54 Å². The van der Waals surface area contributed by atoms with E-state index in [9.17, 15) is 4.79 Å². The minimum atomic E-state index is -0.0325. The van der Waals surface area contributed by atoms with E-state index in [2.05, 4.69) is 11.1 Å². The molecule has 1 fully saturated rings. The lowest BCUT2D eigenvalue weighted by molar-refractivity contribution is 0.0610. The molecule has 5 nitrogen and oxygen atoms in total. The van der Waals surface area contributed by atoms with Crippen LogP contribution < -0.4 is 10.5 Å². The monoisotopic (exact) mass is 519 g/mol. The number of pyridine rings is 1. The molecule has 1 amide bonds. The molecule has 0 saturated heterocycles. The third kappa shape index (κ3) is 4.85. The summed E-state index contributed by atoms with van der Waals surface area (Å²) < 4.78 is 6.75. The summed E-state index contributed by atoms with van der Waals surface area (Å²) in [6.45, 7) is 2.46. The van der Waals surface area contributed by atoms with Crippen LogP contribution in [0.1, 0.15) is 46.5 Å². The van der Waals surface area contributed by atoms with Gasteiger partial charge in [-0.15, -0.1) is 11.3 Å². The summed E-state index contributed by atoms with van der Waals surface area (Å²) in [6, 6.07) is 16.4. The number of amides is 1. The van der Waals surface area contributed by atoms with Gasteiger partial charge in [0.05, 0.1) is 12.1 Å². The van der Waals surface area contributed by atoms with Crippen molar-refractivity contribution in [3.63, 3.8) is 0 Å². The molecule has 2 aromatic heterocycles. The first kappa shape index (κ1) is 24.8. The molecular weight excluding hydrogens is 490 g/mol. The summed E-state index contributed by atoms with van der Waals surface area (Å²) in [7, 11) is 1.67. The van der Waals surface area contributed by atoms with Gasteiger partial charge in [-0.1, -0.05) is 35.9 Å². The highest BCUT2D eigenvalue weighted by atomic mass is 35.5. The van der Waals surface area contributed by atoms with Gasteiger partial charge in [0.2, 0.25) is 0 Å². The van der Waals surface area contributed by atoms with E-state index in [1.807, 2.05) is 60.5 Å². The number of ether oxygens (including phenoxy) is 1. The molecule has 5 rings (SSSR count). The fourth-order valence-corrected chi connectivity index (χ4v) is 6.75. The Morgan fingerprint density at radius 2 is 1.94 bits per heavy atom. The van der Waals surface area contributed by atoms with Crippen molar-refractivity contribution >= 4 is 38.9 Å². The molecule has 1 saturated carbocycles. The number of thiophene rings is 1. The first-order valence-corrected chi connectivity index (χ1v) is 13.5. The van der Waals surface area contributed by atoms with Gasteiger partial charge >= 0.3 is 0 Å². The first-order chi connectivity index (χ1) is 17.5. The van der Waals surface area contributed by atoms with Gasteiger partial charge in [0.25, 0.3) is 5.91 Å². The maximum atomic E-state index is 14.2. The van der Waals surface area contributed by atoms with Crippen molar-refractivity contribution in [1.29, 1.82) is 0 Å². The third-order valence-corrected chi connectivity index (χ3v) is 8.75. The molecule has 36 heavy (non-hydrogen) atoms. The lowest BCUT2D eigenvalue weighted by Crippen LogP contribution is -2.43. The molecule has 7 heteroatoms. The number of fused-ring (bicyclic) bond motifs is 1. The van der Waals surface area contributed by atoms with Crippen molar-refractivity contribution < 1.29 is 9.53 Å². The second-order valence-corrected chi connectivity index (χ2v) is 10.9. The molecule has 2 aromatic carbocycles.